The number of hydrogen-bond donors (Lipinski definition) is 1. The minimum Gasteiger partial charge on any atom is -0.321 e. The minimum atomic E-state index is -0.309. The number of nitrogens with zero attached hydrogens (tertiary/aromatic N) is 2. The predicted molar refractivity (Wildman–Crippen MR) is 73.2 cm³/mol. The number of halogens is 1. The van der Waals surface area contributed by atoms with Gasteiger partial charge in [0.05, 0.1) is 12.4 Å². The summed E-state index contributed by atoms with van der Waals surface area (Å²) in [5.74, 6) is -0.309. The number of anilines is 1. The number of carbonyl (C=O) groups excluding carboxylic acids is 1. The molecule has 1 amide bonds. The van der Waals surface area contributed by atoms with Crippen LogP contribution in [0.4, 0.5) is 5.69 Å². The highest BCUT2D eigenvalue weighted by Gasteiger charge is 2.07. The highest BCUT2D eigenvalue weighted by Crippen LogP contribution is 2.17. The Balaban J connectivity index is 2.08. The number of hydrogen-bond acceptors (Lipinski definition) is 4. The average molecular weight is 280 g/mol. The van der Waals surface area contributed by atoms with Crippen molar-refractivity contribution in [2.24, 2.45) is 0 Å². The zero-order valence-corrected chi connectivity index (χ0v) is 11.1. The van der Waals surface area contributed by atoms with Gasteiger partial charge in [-0.2, -0.15) is 0 Å². The smallest absolute Gasteiger partial charge is 0.275 e. The molecule has 0 radical (unpaired) electrons. The molecular formula is C12H10ClN3OS. The quantitative estimate of drug-likeness (QED) is 0.877. The molecule has 4 nitrogen and oxygen atoms in total. The molecule has 1 aromatic carbocycles. The Morgan fingerprint density at radius 3 is 2.50 bits per heavy atom. The zero-order chi connectivity index (χ0) is 13.0. The molecule has 2 rings (SSSR count). The SMILES string of the molecule is CSc1ccc(NC(=O)c2cnc(Cl)cn2)cc1. The van der Waals surface area contributed by atoms with Crippen molar-refractivity contribution in [3.05, 3.63) is 47.5 Å². The summed E-state index contributed by atoms with van der Waals surface area (Å²) in [6.07, 6.45) is 4.68. The molecule has 0 bridgehead atoms. The molecule has 0 saturated heterocycles. The second-order valence-corrected chi connectivity index (χ2v) is 4.67. The summed E-state index contributed by atoms with van der Waals surface area (Å²) in [5.41, 5.74) is 0.947. The van der Waals surface area contributed by atoms with Crippen LogP contribution in [0.15, 0.2) is 41.6 Å². The molecule has 2 aromatic rings. The Kier molecular flexibility index (Phi) is 4.17. The fourth-order valence-corrected chi connectivity index (χ4v) is 1.80. The van der Waals surface area contributed by atoms with Gasteiger partial charge in [-0.05, 0) is 30.5 Å². The topological polar surface area (TPSA) is 54.9 Å². The van der Waals surface area contributed by atoms with Crippen molar-refractivity contribution in [2.45, 2.75) is 4.90 Å². The van der Waals surface area contributed by atoms with E-state index in [0.29, 0.717) is 0 Å². The maximum atomic E-state index is 11.8. The van der Waals surface area contributed by atoms with Crippen LogP contribution in [0.5, 0.6) is 0 Å². The van der Waals surface area contributed by atoms with Crippen LogP contribution in [0.3, 0.4) is 0 Å². The maximum absolute atomic E-state index is 11.8. The fraction of sp³-hybridized carbons (Fsp3) is 0.0833. The van der Waals surface area contributed by atoms with E-state index in [2.05, 4.69) is 15.3 Å². The van der Waals surface area contributed by atoms with Gasteiger partial charge in [0.25, 0.3) is 5.91 Å². The summed E-state index contributed by atoms with van der Waals surface area (Å²) in [6.45, 7) is 0. The molecule has 0 saturated carbocycles. The molecule has 0 aliphatic carbocycles. The van der Waals surface area contributed by atoms with E-state index in [4.69, 9.17) is 11.6 Å². The Morgan fingerprint density at radius 2 is 1.94 bits per heavy atom. The van der Waals surface area contributed by atoms with Crippen molar-refractivity contribution in [1.29, 1.82) is 0 Å². The third-order valence-electron chi connectivity index (χ3n) is 2.20. The standard InChI is InChI=1S/C12H10ClN3OS/c1-18-9-4-2-8(3-5-9)16-12(17)10-6-15-11(13)7-14-10/h2-7H,1H3,(H,16,17). The number of amides is 1. The summed E-state index contributed by atoms with van der Waals surface area (Å²) in [6, 6.07) is 7.56. The number of benzene rings is 1. The van der Waals surface area contributed by atoms with Crippen molar-refractivity contribution in [3.8, 4) is 0 Å². The van der Waals surface area contributed by atoms with Gasteiger partial charge in [0.2, 0.25) is 0 Å². The van der Waals surface area contributed by atoms with Gasteiger partial charge in [-0.3, -0.25) is 4.79 Å². The van der Waals surface area contributed by atoms with Crippen LogP contribution in [-0.4, -0.2) is 22.1 Å². The minimum absolute atomic E-state index is 0.230. The monoisotopic (exact) mass is 279 g/mol. The van der Waals surface area contributed by atoms with E-state index in [-0.39, 0.29) is 16.8 Å². The van der Waals surface area contributed by atoms with Crippen molar-refractivity contribution in [2.75, 3.05) is 11.6 Å². The van der Waals surface area contributed by atoms with Gasteiger partial charge in [-0.1, -0.05) is 11.6 Å². The molecule has 0 spiro atoms. The molecule has 18 heavy (non-hydrogen) atoms. The molecule has 0 aliphatic heterocycles. The lowest BCUT2D eigenvalue weighted by molar-refractivity contribution is 0.102. The summed E-state index contributed by atoms with van der Waals surface area (Å²) in [5, 5.41) is 3.00. The highest BCUT2D eigenvalue weighted by molar-refractivity contribution is 7.98. The first-order chi connectivity index (χ1) is 8.69. The van der Waals surface area contributed by atoms with E-state index in [1.54, 1.807) is 11.8 Å². The summed E-state index contributed by atoms with van der Waals surface area (Å²) in [4.78, 5) is 20.7. The Hall–Kier alpha value is -1.59. The molecule has 6 heteroatoms. The Morgan fingerprint density at radius 1 is 1.22 bits per heavy atom. The Labute approximate surface area is 114 Å². The molecule has 1 N–H and O–H groups in total. The van der Waals surface area contributed by atoms with Crippen LogP contribution in [0.1, 0.15) is 10.5 Å². The van der Waals surface area contributed by atoms with Gasteiger partial charge in [0.15, 0.2) is 0 Å². The molecule has 0 atom stereocenters. The van der Waals surface area contributed by atoms with Crippen LogP contribution < -0.4 is 5.32 Å². The van der Waals surface area contributed by atoms with Crippen molar-refractivity contribution in [1.82, 2.24) is 9.97 Å². The largest absolute Gasteiger partial charge is 0.321 e. The number of nitrogens with one attached hydrogen (secondary N) is 1. The zero-order valence-electron chi connectivity index (χ0n) is 9.55. The lowest BCUT2D eigenvalue weighted by Gasteiger charge is -2.05. The van der Waals surface area contributed by atoms with Crippen LogP contribution in [-0.2, 0) is 0 Å². The van der Waals surface area contributed by atoms with Gasteiger partial charge in [-0.15, -0.1) is 11.8 Å². The van der Waals surface area contributed by atoms with Gasteiger partial charge in [0.1, 0.15) is 10.8 Å². The first-order valence-electron chi connectivity index (χ1n) is 5.12. The molecule has 1 heterocycles. The van der Waals surface area contributed by atoms with Crippen LogP contribution in [0.2, 0.25) is 5.15 Å². The van der Waals surface area contributed by atoms with Crippen molar-refractivity contribution >= 4 is 35.0 Å². The first kappa shape index (κ1) is 12.9. The lowest BCUT2D eigenvalue weighted by atomic mass is 10.3. The molecule has 0 fully saturated rings. The summed E-state index contributed by atoms with van der Waals surface area (Å²) < 4.78 is 0. The maximum Gasteiger partial charge on any atom is 0.275 e. The Bertz CT molecular complexity index is 542. The molecule has 1 aromatic heterocycles. The second kappa shape index (κ2) is 5.84. The lowest BCUT2D eigenvalue weighted by Crippen LogP contribution is -2.13. The van der Waals surface area contributed by atoms with Crippen molar-refractivity contribution in [3.63, 3.8) is 0 Å². The first-order valence-corrected chi connectivity index (χ1v) is 6.72. The number of aromatic nitrogens is 2. The number of rotatable bonds is 3. The van der Waals surface area contributed by atoms with E-state index in [1.165, 1.54) is 12.4 Å². The van der Waals surface area contributed by atoms with Gasteiger partial charge in [-0.25, -0.2) is 9.97 Å². The number of carbonyl (C=O) groups is 1. The van der Waals surface area contributed by atoms with Gasteiger partial charge in [0, 0.05) is 10.6 Å². The van der Waals surface area contributed by atoms with Crippen LogP contribution in [0.25, 0.3) is 0 Å². The summed E-state index contributed by atoms with van der Waals surface area (Å²) in [7, 11) is 0. The summed E-state index contributed by atoms with van der Waals surface area (Å²) >= 11 is 7.25. The predicted octanol–water partition coefficient (Wildman–Crippen LogP) is 3.10. The van der Waals surface area contributed by atoms with Crippen LogP contribution >= 0.6 is 23.4 Å². The third-order valence-corrected chi connectivity index (χ3v) is 3.14. The van der Waals surface area contributed by atoms with E-state index in [0.717, 1.165) is 10.6 Å². The third kappa shape index (κ3) is 3.21. The fourth-order valence-electron chi connectivity index (χ4n) is 1.30. The van der Waals surface area contributed by atoms with Gasteiger partial charge < -0.3 is 5.32 Å². The molecule has 0 unspecified atom stereocenters. The van der Waals surface area contributed by atoms with E-state index in [1.807, 2.05) is 30.5 Å². The molecule has 92 valence electrons. The van der Waals surface area contributed by atoms with E-state index >= 15 is 0 Å². The van der Waals surface area contributed by atoms with E-state index < -0.39 is 0 Å². The van der Waals surface area contributed by atoms with Crippen LogP contribution in [0, 0.1) is 0 Å². The van der Waals surface area contributed by atoms with E-state index in [9.17, 15) is 4.79 Å². The highest BCUT2D eigenvalue weighted by atomic mass is 35.5. The van der Waals surface area contributed by atoms with Gasteiger partial charge >= 0.3 is 0 Å². The average Bonchev–Trinajstić information content (AvgIpc) is 2.40. The second-order valence-electron chi connectivity index (χ2n) is 3.41. The molecular weight excluding hydrogens is 270 g/mol. The normalized spacial score (nSPS) is 10.1. The number of thioether (sulfide) groups is 1. The molecule has 0 aliphatic rings. The van der Waals surface area contributed by atoms with Crippen molar-refractivity contribution < 1.29 is 4.79 Å².